The minimum Gasteiger partial charge on any atom is -0.468 e. The molecule has 0 aromatic rings. The van der Waals surface area contributed by atoms with Crippen molar-refractivity contribution < 1.29 is 14.3 Å². The molecule has 1 saturated heterocycles. The predicted molar refractivity (Wildman–Crippen MR) is 63.5 cm³/mol. The van der Waals surface area contributed by atoms with Gasteiger partial charge in [0, 0.05) is 13.1 Å². The highest BCUT2D eigenvalue weighted by atomic mass is 16.5. The van der Waals surface area contributed by atoms with E-state index in [1.165, 1.54) is 7.11 Å². The molecule has 2 N–H and O–H groups in total. The number of carbonyl (C=O) groups excluding carboxylic acids is 1. The molecule has 0 bridgehead atoms. The molecule has 1 aliphatic carbocycles. The highest BCUT2D eigenvalue weighted by Crippen LogP contribution is 2.51. The topological polar surface area (TPSA) is 64.8 Å². The van der Waals surface area contributed by atoms with Crippen LogP contribution < -0.4 is 5.73 Å². The fourth-order valence-electron chi connectivity index (χ4n) is 2.46. The summed E-state index contributed by atoms with van der Waals surface area (Å²) in [6.45, 7) is 4.62. The molecule has 0 spiro atoms. The van der Waals surface area contributed by atoms with Crippen LogP contribution in [-0.4, -0.2) is 56.9 Å². The summed E-state index contributed by atoms with van der Waals surface area (Å²) >= 11 is 0. The number of hydrogen-bond donors (Lipinski definition) is 1. The highest BCUT2D eigenvalue weighted by molar-refractivity contribution is 5.77. The van der Waals surface area contributed by atoms with Crippen molar-refractivity contribution in [2.45, 2.75) is 25.3 Å². The summed E-state index contributed by atoms with van der Waals surface area (Å²) in [4.78, 5) is 13.9. The van der Waals surface area contributed by atoms with Gasteiger partial charge in [0.2, 0.25) is 0 Å². The molecule has 0 aromatic carbocycles. The maximum Gasteiger partial charge on any atom is 0.323 e. The summed E-state index contributed by atoms with van der Waals surface area (Å²) in [6, 6.07) is -0.450. The fourth-order valence-corrected chi connectivity index (χ4v) is 2.46. The molecule has 0 amide bonds. The lowest BCUT2D eigenvalue weighted by molar-refractivity contribution is -0.144. The van der Waals surface area contributed by atoms with Crippen LogP contribution >= 0.6 is 0 Å². The van der Waals surface area contributed by atoms with Crippen LogP contribution in [0.25, 0.3) is 0 Å². The molecule has 0 radical (unpaired) electrons. The summed E-state index contributed by atoms with van der Waals surface area (Å²) in [5.41, 5.74) is 5.97. The van der Waals surface area contributed by atoms with E-state index >= 15 is 0 Å². The monoisotopic (exact) mass is 242 g/mol. The van der Waals surface area contributed by atoms with Crippen molar-refractivity contribution in [3.05, 3.63) is 0 Å². The van der Waals surface area contributed by atoms with Crippen LogP contribution in [0.2, 0.25) is 0 Å². The molecule has 1 saturated carbocycles. The van der Waals surface area contributed by atoms with Gasteiger partial charge in [-0.1, -0.05) is 0 Å². The molecule has 17 heavy (non-hydrogen) atoms. The van der Waals surface area contributed by atoms with E-state index in [1.807, 2.05) is 0 Å². The molecule has 5 heteroatoms. The number of nitrogens with zero attached hydrogens (tertiary/aromatic N) is 1. The molecule has 2 fully saturated rings. The number of rotatable bonds is 5. The summed E-state index contributed by atoms with van der Waals surface area (Å²) in [5.74, 6) is -0.274. The van der Waals surface area contributed by atoms with E-state index in [0.717, 1.165) is 52.1 Å². The molecule has 1 heterocycles. The Bertz CT molecular complexity index is 273. The summed E-state index contributed by atoms with van der Waals surface area (Å²) in [7, 11) is 1.40. The van der Waals surface area contributed by atoms with Gasteiger partial charge in [0.15, 0.2) is 0 Å². The molecule has 0 aromatic heterocycles. The molecule has 1 unspecified atom stereocenters. The normalized spacial score (nSPS) is 25.3. The van der Waals surface area contributed by atoms with Crippen LogP contribution in [0.4, 0.5) is 0 Å². The number of nitrogens with two attached hydrogens (primary N) is 1. The second-order valence-corrected chi connectivity index (χ2v) is 5.07. The highest BCUT2D eigenvalue weighted by Gasteiger charge is 2.50. The Balaban J connectivity index is 1.79. The minimum absolute atomic E-state index is 0.00535. The zero-order valence-corrected chi connectivity index (χ0v) is 10.5. The third-order valence-corrected chi connectivity index (χ3v) is 4.04. The van der Waals surface area contributed by atoms with E-state index in [2.05, 4.69) is 4.90 Å². The largest absolute Gasteiger partial charge is 0.468 e. The summed E-state index contributed by atoms with van der Waals surface area (Å²) < 4.78 is 10.0. The van der Waals surface area contributed by atoms with Crippen LogP contribution in [0, 0.1) is 5.41 Å². The Labute approximate surface area is 102 Å². The molecular weight excluding hydrogens is 220 g/mol. The zero-order chi connectivity index (χ0) is 12.3. The van der Waals surface area contributed by atoms with Crippen LogP contribution in [0.3, 0.4) is 0 Å². The predicted octanol–water partition coefficient (Wildman–Crippen LogP) is -0.0108. The van der Waals surface area contributed by atoms with Crippen molar-refractivity contribution in [3.63, 3.8) is 0 Å². The van der Waals surface area contributed by atoms with Gasteiger partial charge in [-0.15, -0.1) is 0 Å². The van der Waals surface area contributed by atoms with Gasteiger partial charge in [0.05, 0.1) is 20.3 Å². The van der Waals surface area contributed by atoms with Gasteiger partial charge in [-0.25, -0.2) is 0 Å². The van der Waals surface area contributed by atoms with E-state index in [9.17, 15) is 4.79 Å². The maximum atomic E-state index is 11.5. The fraction of sp³-hybridized carbons (Fsp3) is 0.917. The number of ether oxygens (including phenoxy) is 2. The third kappa shape index (κ3) is 2.97. The van der Waals surface area contributed by atoms with E-state index in [0.29, 0.717) is 0 Å². The number of morpholine rings is 1. The average Bonchev–Trinajstić information content (AvgIpc) is 3.17. The Morgan fingerprint density at radius 1 is 1.47 bits per heavy atom. The first-order valence-electron chi connectivity index (χ1n) is 6.31. The number of carbonyl (C=O) groups is 1. The zero-order valence-electron chi connectivity index (χ0n) is 10.5. The van der Waals surface area contributed by atoms with Crippen LogP contribution in [-0.2, 0) is 14.3 Å². The number of methoxy groups -OCH3 is 1. The average molecular weight is 242 g/mol. The first-order valence-corrected chi connectivity index (χ1v) is 6.31. The summed E-state index contributed by atoms with van der Waals surface area (Å²) in [5, 5.41) is 0. The molecule has 98 valence electrons. The Kier molecular flexibility index (Phi) is 4.01. The smallest absolute Gasteiger partial charge is 0.323 e. The van der Waals surface area contributed by atoms with Crippen molar-refractivity contribution in [3.8, 4) is 0 Å². The van der Waals surface area contributed by atoms with Crippen molar-refractivity contribution in [2.24, 2.45) is 11.1 Å². The Hall–Kier alpha value is -0.650. The maximum absolute atomic E-state index is 11.5. The standard InChI is InChI=1S/C12H22N2O3/c1-16-11(15)10(13)12(2-3-12)4-5-14-6-8-17-9-7-14/h10H,2-9,13H2,1H3. The Morgan fingerprint density at radius 2 is 2.12 bits per heavy atom. The van der Waals surface area contributed by atoms with E-state index in [-0.39, 0.29) is 11.4 Å². The van der Waals surface area contributed by atoms with Crippen molar-refractivity contribution >= 4 is 5.97 Å². The first-order chi connectivity index (χ1) is 8.18. The van der Waals surface area contributed by atoms with E-state index < -0.39 is 6.04 Å². The molecule has 1 aliphatic heterocycles. The molecular formula is C12H22N2O3. The van der Waals surface area contributed by atoms with Gasteiger partial charge in [-0.3, -0.25) is 9.69 Å². The first kappa shape index (κ1) is 12.8. The molecule has 2 rings (SSSR count). The summed E-state index contributed by atoms with van der Waals surface area (Å²) in [6.07, 6.45) is 3.09. The molecule has 1 atom stereocenters. The molecule has 5 nitrogen and oxygen atoms in total. The second-order valence-electron chi connectivity index (χ2n) is 5.07. The van der Waals surface area contributed by atoms with Gasteiger partial charge >= 0.3 is 5.97 Å². The quantitative estimate of drug-likeness (QED) is 0.687. The number of esters is 1. The van der Waals surface area contributed by atoms with E-state index in [4.69, 9.17) is 15.2 Å². The van der Waals surface area contributed by atoms with E-state index in [1.54, 1.807) is 0 Å². The number of hydrogen-bond acceptors (Lipinski definition) is 5. The Morgan fingerprint density at radius 3 is 2.65 bits per heavy atom. The van der Waals surface area contributed by atoms with Crippen molar-refractivity contribution in [1.82, 2.24) is 4.90 Å². The lowest BCUT2D eigenvalue weighted by Crippen LogP contribution is -2.43. The second kappa shape index (κ2) is 5.33. The van der Waals surface area contributed by atoms with Gasteiger partial charge in [-0.2, -0.15) is 0 Å². The lowest BCUT2D eigenvalue weighted by atomic mass is 9.93. The van der Waals surface area contributed by atoms with Crippen LogP contribution in [0.15, 0.2) is 0 Å². The van der Waals surface area contributed by atoms with Crippen molar-refractivity contribution in [1.29, 1.82) is 0 Å². The van der Waals surface area contributed by atoms with Gasteiger partial charge in [0.25, 0.3) is 0 Å². The minimum atomic E-state index is -0.450. The lowest BCUT2D eigenvalue weighted by Gasteiger charge is -2.29. The van der Waals surface area contributed by atoms with Crippen LogP contribution in [0.5, 0.6) is 0 Å². The molecule has 2 aliphatic rings. The van der Waals surface area contributed by atoms with Gasteiger partial charge in [-0.05, 0) is 31.2 Å². The van der Waals surface area contributed by atoms with Crippen molar-refractivity contribution in [2.75, 3.05) is 40.0 Å². The SMILES string of the molecule is COC(=O)C(N)C1(CCN2CCOCC2)CC1. The third-order valence-electron chi connectivity index (χ3n) is 4.04. The van der Waals surface area contributed by atoms with Gasteiger partial charge < -0.3 is 15.2 Å². The van der Waals surface area contributed by atoms with Gasteiger partial charge in [0.1, 0.15) is 6.04 Å². The van der Waals surface area contributed by atoms with Crippen LogP contribution in [0.1, 0.15) is 19.3 Å².